The molecule has 3 aromatic rings. The highest BCUT2D eigenvalue weighted by Crippen LogP contribution is 2.34. The van der Waals surface area contributed by atoms with Gasteiger partial charge in [-0.2, -0.15) is 0 Å². The van der Waals surface area contributed by atoms with E-state index in [0.29, 0.717) is 11.6 Å². The summed E-state index contributed by atoms with van der Waals surface area (Å²) in [5, 5.41) is 4.56. The maximum Gasteiger partial charge on any atom is 0.226 e. The molecule has 2 aromatic heterocycles. The van der Waals surface area contributed by atoms with Crippen molar-refractivity contribution in [2.75, 3.05) is 5.32 Å². The topological polar surface area (TPSA) is 54.9 Å². The van der Waals surface area contributed by atoms with Crippen LogP contribution >= 0.6 is 22.7 Å². The molecular weight excluding hydrogens is 278 g/mol. The van der Waals surface area contributed by atoms with Crippen LogP contribution in [0, 0.1) is 6.92 Å². The lowest BCUT2D eigenvalue weighted by Gasteiger charge is -1.97. The highest BCUT2D eigenvalue weighted by atomic mass is 32.1. The Morgan fingerprint density at radius 2 is 2.16 bits per heavy atom. The lowest BCUT2D eigenvalue weighted by molar-refractivity contribution is -0.116. The Hall–Kier alpha value is -1.53. The van der Waals surface area contributed by atoms with Gasteiger partial charge in [-0.3, -0.25) is 4.79 Å². The minimum Gasteiger partial charge on any atom is -0.302 e. The van der Waals surface area contributed by atoms with Crippen LogP contribution in [0.25, 0.3) is 20.4 Å². The molecule has 1 aromatic carbocycles. The summed E-state index contributed by atoms with van der Waals surface area (Å²) in [6.45, 7) is 3.99. The van der Waals surface area contributed by atoms with E-state index in [9.17, 15) is 4.79 Å². The van der Waals surface area contributed by atoms with E-state index in [0.717, 1.165) is 27.2 Å². The van der Waals surface area contributed by atoms with Gasteiger partial charge < -0.3 is 5.32 Å². The number of nitrogens with one attached hydrogen (secondary N) is 1. The van der Waals surface area contributed by atoms with Crippen molar-refractivity contribution in [1.29, 1.82) is 0 Å². The van der Waals surface area contributed by atoms with Gasteiger partial charge in [0.2, 0.25) is 5.91 Å². The summed E-state index contributed by atoms with van der Waals surface area (Å²) in [5.41, 5.74) is 1.89. The van der Waals surface area contributed by atoms with E-state index >= 15 is 0 Å². The van der Waals surface area contributed by atoms with Crippen LogP contribution in [0.15, 0.2) is 12.1 Å². The molecule has 6 heteroatoms. The van der Waals surface area contributed by atoms with Crippen molar-refractivity contribution in [2.24, 2.45) is 0 Å². The van der Waals surface area contributed by atoms with Gasteiger partial charge in [0.15, 0.2) is 5.13 Å². The molecule has 1 amide bonds. The Labute approximate surface area is 118 Å². The summed E-state index contributed by atoms with van der Waals surface area (Å²) in [7, 11) is 0. The van der Waals surface area contributed by atoms with Gasteiger partial charge in [-0.15, -0.1) is 11.3 Å². The maximum absolute atomic E-state index is 11.6. The van der Waals surface area contributed by atoms with Crippen LogP contribution in [-0.2, 0) is 4.79 Å². The van der Waals surface area contributed by atoms with Crippen LogP contribution in [0.3, 0.4) is 0 Å². The van der Waals surface area contributed by atoms with Crippen molar-refractivity contribution >= 4 is 54.1 Å². The lowest BCUT2D eigenvalue weighted by atomic mass is 10.3. The van der Waals surface area contributed by atoms with Crippen LogP contribution in [0.1, 0.15) is 24.8 Å². The van der Waals surface area contributed by atoms with Gasteiger partial charge in [0, 0.05) is 6.42 Å². The number of anilines is 1. The van der Waals surface area contributed by atoms with Crippen molar-refractivity contribution < 1.29 is 4.79 Å². The molecule has 0 saturated heterocycles. The number of aromatic nitrogens is 2. The standard InChI is InChI=1S/C13H13N3OS2/c1-3-4-10(17)16-13-15-8-5-6-9-11(12(8)19-13)14-7(2)18-9/h5-6H,3-4H2,1-2H3,(H,15,16,17). The molecule has 0 aliphatic heterocycles. The third-order valence-corrected chi connectivity index (χ3v) is 4.67. The first-order valence-corrected chi connectivity index (χ1v) is 7.77. The number of benzene rings is 1. The number of rotatable bonds is 3. The van der Waals surface area contributed by atoms with Crippen molar-refractivity contribution in [1.82, 2.24) is 9.97 Å². The van der Waals surface area contributed by atoms with Gasteiger partial charge >= 0.3 is 0 Å². The number of thiazole rings is 2. The van der Waals surface area contributed by atoms with E-state index in [1.54, 1.807) is 11.3 Å². The Morgan fingerprint density at radius 3 is 2.95 bits per heavy atom. The minimum atomic E-state index is 0.0206. The van der Waals surface area contributed by atoms with Crippen LogP contribution in [0.4, 0.5) is 5.13 Å². The first kappa shape index (κ1) is 12.5. The number of fused-ring (bicyclic) bond motifs is 3. The second kappa shape index (κ2) is 4.86. The number of nitrogens with zero attached hydrogens (tertiary/aromatic N) is 2. The molecule has 0 saturated carbocycles. The fraction of sp³-hybridized carbons (Fsp3) is 0.308. The molecule has 3 rings (SSSR count). The SMILES string of the molecule is CCCC(=O)Nc1nc2ccc3sc(C)nc3c2s1. The number of hydrogen-bond acceptors (Lipinski definition) is 5. The predicted molar refractivity (Wildman–Crippen MR) is 81.1 cm³/mol. The fourth-order valence-corrected chi connectivity index (χ4v) is 3.82. The maximum atomic E-state index is 11.6. The van der Waals surface area contributed by atoms with Crippen LogP contribution < -0.4 is 5.32 Å². The number of carbonyl (C=O) groups is 1. The third kappa shape index (κ3) is 2.33. The lowest BCUT2D eigenvalue weighted by Crippen LogP contribution is -2.09. The van der Waals surface area contributed by atoms with E-state index in [4.69, 9.17) is 0 Å². The molecule has 4 nitrogen and oxygen atoms in total. The van der Waals surface area contributed by atoms with Gasteiger partial charge in [-0.05, 0) is 25.5 Å². The summed E-state index contributed by atoms with van der Waals surface area (Å²) < 4.78 is 2.22. The third-order valence-electron chi connectivity index (χ3n) is 2.74. The zero-order valence-electron chi connectivity index (χ0n) is 10.7. The molecule has 0 radical (unpaired) electrons. The van der Waals surface area contributed by atoms with Gasteiger partial charge in [0.1, 0.15) is 5.52 Å². The molecule has 0 spiro atoms. The minimum absolute atomic E-state index is 0.0206. The van der Waals surface area contributed by atoms with Crippen LogP contribution in [0.5, 0.6) is 0 Å². The van der Waals surface area contributed by atoms with E-state index < -0.39 is 0 Å². The Kier molecular flexibility index (Phi) is 3.20. The average molecular weight is 291 g/mol. The Bertz CT molecular complexity index is 760. The Balaban J connectivity index is 2.04. The number of carbonyl (C=O) groups excluding carboxylic acids is 1. The monoisotopic (exact) mass is 291 g/mol. The van der Waals surface area contributed by atoms with Crippen molar-refractivity contribution in [3.8, 4) is 0 Å². The van der Waals surface area contributed by atoms with E-state index in [2.05, 4.69) is 15.3 Å². The molecule has 0 bridgehead atoms. The fourth-order valence-electron chi connectivity index (χ4n) is 1.95. The first-order chi connectivity index (χ1) is 9.17. The highest BCUT2D eigenvalue weighted by molar-refractivity contribution is 7.24. The quantitative estimate of drug-likeness (QED) is 0.795. The predicted octanol–water partition coefficient (Wildman–Crippen LogP) is 3.95. The average Bonchev–Trinajstić information content (AvgIpc) is 2.90. The molecule has 1 N–H and O–H groups in total. The molecule has 0 aliphatic carbocycles. The highest BCUT2D eigenvalue weighted by Gasteiger charge is 2.12. The molecule has 2 heterocycles. The van der Waals surface area contributed by atoms with Crippen molar-refractivity contribution in [2.45, 2.75) is 26.7 Å². The van der Waals surface area contributed by atoms with Gasteiger partial charge in [0.05, 0.1) is 19.9 Å². The molecule has 0 atom stereocenters. The largest absolute Gasteiger partial charge is 0.302 e. The molecule has 0 aliphatic rings. The summed E-state index contributed by atoms with van der Waals surface area (Å²) in [4.78, 5) is 20.6. The smallest absolute Gasteiger partial charge is 0.226 e. The van der Waals surface area contributed by atoms with E-state index in [1.807, 2.05) is 26.0 Å². The zero-order valence-corrected chi connectivity index (χ0v) is 12.3. The van der Waals surface area contributed by atoms with Gasteiger partial charge in [-0.25, -0.2) is 9.97 Å². The van der Waals surface area contributed by atoms with E-state index in [1.165, 1.54) is 16.0 Å². The molecule has 0 fully saturated rings. The van der Waals surface area contributed by atoms with Crippen molar-refractivity contribution in [3.05, 3.63) is 17.1 Å². The normalized spacial score (nSPS) is 11.3. The van der Waals surface area contributed by atoms with Gasteiger partial charge in [0.25, 0.3) is 0 Å². The second-order valence-corrected chi connectivity index (χ2v) is 6.54. The zero-order chi connectivity index (χ0) is 13.4. The Morgan fingerprint density at radius 1 is 1.32 bits per heavy atom. The number of amides is 1. The number of aryl methyl sites for hydroxylation is 1. The van der Waals surface area contributed by atoms with Crippen molar-refractivity contribution in [3.63, 3.8) is 0 Å². The summed E-state index contributed by atoms with van der Waals surface area (Å²) in [6.07, 6.45) is 1.37. The summed E-state index contributed by atoms with van der Waals surface area (Å²) in [5.74, 6) is 0.0206. The second-order valence-electron chi connectivity index (χ2n) is 4.31. The van der Waals surface area contributed by atoms with Crippen LogP contribution in [-0.4, -0.2) is 15.9 Å². The summed E-state index contributed by atoms with van der Waals surface area (Å²) in [6, 6.07) is 4.03. The summed E-state index contributed by atoms with van der Waals surface area (Å²) >= 11 is 3.17. The molecule has 0 unspecified atom stereocenters. The molecule has 98 valence electrons. The molecular formula is C13H13N3OS2. The van der Waals surface area contributed by atoms with Gasteiger partial charge in [-0.1, -0.05) is 18.3 Å². The van der Waals surface area contributed by atoms with Crippen LogP contribution in [0.2, 0.25) is 0 Å². The molecule has 19 heavy (non-hydrogen) atoms. The van der Waals surface area contributed by atoms with E-state index in [-0.39, 0.29) is 5.91 Å². The number of hydrogen-bond donors (Lipinski definition) is 1. The first-order valence-electron chi connectivity index (χ1n) is 6.14.